The third-order valence-corrected chi connectivity index (χ3v) is 5.20. The Bertz CT molecular complexity index is 535. The highest BCUT2D eigenvalue weighted by molar-refractivity contribution is 8.02. The Morgan fingerprint density at radius 2 is 2.19 bits per heavy atom. The second kappa shape index (κ2) is 6.67. The maximum absolute atomic E-state index is 12.0. The first-order valence-electron chi connectivity index (χ1n) is 7.63. The average molecular weight is 302 g/mol. The molecule has 0 unspecified atom stereocenters. The Labute approximate surface area is 130 Å². The molecule has 1 aromatic rings. The number of hydrogen-bond acceptors (Lipinski definition) is 3. The number of thioether (sulfide) groups is 1. The predicted molar refractivity (Wildman–Crippen MR) is 87.3 cm³/mol. The SMILES string of the molecule is Cc1cccc(S/C=C/C(=O)N[C@H]2CN3CCC2CC3)c1. The van der Waals surface area contributed by atoms with E-state index >= 15 is 0 Å². The highest BCUT2D eigenvalue weighted by Gasteiger charge is 2.34. The van der Waals surface area contributed by atoms with Crippen molar-refractivity contribution in [3.8, 4) is 0 Å². The number of rotatable bonds is 4. The number of carbonyl (C=O) groups excluding carboxylic acids is 1. The first-order chi connectivity index (χ1) is 10.2. The average Bonchev–Trinajstić information content (AvgIpc) is 2.48. The zero-order valence-corrected chi connectivity index (χ0v) is 13.2. The number of nitrogens with one attached hydrogen (secondary N) is 1. The third kappa shape index (κ3) is 3.89. The van der Waals surface area contributed by atoms with E-state index in [0.717, 1.165) is 6.54 Å². The predicted octanol–water partition coefficient (Wildman–Crippen LogP) is 2.81. The van der Waals surface area contributed by atoms with E-state index in [9.17, 15) is 4.79 Å². The summed E-state index contributed by atoms with van der Waals surface area (Å²) in [6, 6.07) is 8.65. The Hall–Kier alpha value is -1.26. The van der Waals surface area contributed by atoms with Crippen LogP contribution < -0.4 is 5.32 Å². The van der Waals surface area contributed by atoms with Crippen molar-refractivity contribution in [1.82, 2.24) is 10.2 Å². The summed E-state index contributed by atoms with van der Waals surface area (Å²) >= 11 is 1.59. The molecule has 1 amide bonds. The number of hydrogen-bond donors (Lipinski definition) is 1. The Balaban J connectivity index is 1.49. The summed E-state index contributed by atoms with van der Waals surface area (Å²) in [6.45, 7) is 5.51. The molecule has 0 spiro atoms. The zero-order chi connectivity index (χ0) is 14.7. The van der Waals surface area contributed by atoms with Crippen molar-refractivity contribution < 1.29 is 4.79 Å². The lowest BCUT2D eigenvalue weighted by Crippen LogP contribution is -2.57. The van der Waals surface area contributed by atoms with Crippen LogP contribution in [0.1, 0.15) is 18.4 Å². The summed E-state index contributed by atoms with van der Waals surface area (Å²) in [4.78, 5) is 15.6. The molecular weight excluding hydrogens is 280 g/mol. The van der Waals surface area contributed by atoms with Gasteiger partial charge in [0.25, 0.3) is 0 Å². The van der Waals surface area contributed by atoms with Crippen LogP contribution in [0.5, 0.6) is 0 Å². The van der Waals surface area contributed by atoms with Crippen molar-refractivity contribution in [3.05, 3.63) is 41.3 Å². The van der Waals surface area contributed by atoms with E-state index in [2.05, 4.69) is 35.3 Å². The van der Waals surface area contributed by atoms with Gasteiger partial charge < -0.3 is 10.2 Å². The number of nitrogens with zero attached hydrogens (tertiary/aromatic N) is 1. The van der Waals surface area contributed by atoms with Crippen LogP contribution in [-0.4, -0.2) is 36.5 Å². The van der Waals surface area contributed by atoms with Crippen LogP contribution in [0.25, 0.3) is 0 Å². The van der Waals surface area contributed by atoms with E-state index < -0.39 is 0 Å². The van der Waals surface area contributed by atoms with Crippen LogP contribution in [0, 0.1) is 12.8 Å². The lowest BCUT2D eigenvalue weighted by atomic mass is 9.84. The van der Waals surface area contributed by atoms with Gasteiger partial charge in [-0.1, -0.05) is 29.5 Å². The number of piperidine rings is 3. The molecule has 1 aromatic carbocycles. The highest BCUT2D eigenvalue weighted by atomic mass is 32.2. The van der Waals surface area contributed by atoms with Gasteiger partial charge in [0.1, 0.15) is 0 Å². The topological polar surface area (TPSA) is 32.3 Å². The maximum Gasteiger partial charge on any atom is 0.244 e. The largest absolute Gasteiger partial charge is 0.348 e. The molecule has 0 aromatic heterocycles. The minimum atomic E-state index is 0.0360. The van der Waals surface area contributed by atoms with Crippen LogP contribution in [0.3, 0.4) is 0 Å². The summed E-state index contributed by atoms with van der Waals surface area (Å²) in [5, 5.41) is 5.05. The third-order valence-electron chi connectivity index (χ3n) is 4.40. The molecule has 0 saturated carbocycles. The molecule has 3 heterocycles. The van der Waals surface area contributed by atoms with E-state index in [1.165, 1.54) is 36.4 Å². The zero-order valence-electron chi connectivity index (χ0n) is 12.4. The summed E-state index contributed by atoms with van der Waals surface area (Å²) < 4.78 is 0. The molecule has 3 nitrogen and oxygen atoms in total. The number of aryl methyl sites for hydroxylation is 1. The number of amides is 1. The molecule has 2 bridgehead atoms. The molecule has 1 atom stereocenters. The molecule has 3 fully saturated rings. The molecule has 112 valence electrons. The van der Waals surface area contributed by atoms with Crippen LogP contribution >= 0.6 is 11.8 Å². The van der Waals surface area contributed by atoms with Crippen LogP contribution in [0.15, 0.2) is 40.6 Å². The Morgan fingerprint density at radius 3 is 2.86 bits per heavy atom. The van der Waals surface area contributed by atoms with Gasteiger partial charge in [0, 0.05) is 23.6 Å². The number of fused-ring (bicyclic) bond motifs is 3. The second-order valence-electron chi connectivity index (χ2n) is 5.99. The van der Waals surface area contributed by atoms with Gasteiger partial charge in [-0.05, 0) is 56.3 Å². The standard InChI is InChI=1S/C17H22N2OS/c1-13-3-2-4-15(11-13)21-10-7-17(20)18-16-12-19-8-5-14(16)6-9-19/h2-4,7,10-11,14,16H,5-6,8-9,12H2,1H3,(H,18,20)/b10-7+/t16-/m0/s1. The second-order valence-corrected chi connectivity index (χ2v) is 6.97. The first kappa shape index (κ1) is 14.7. The molecule has 1 N–H and O–H groups in total. The van der Waals surface area contributed by atoms with Gasteiger partial charge in [-0.25, -0.2) is 0 Å². The molecule has 3 saturated heterocycles. The fraction of sp³-hybridized carbons (Fsp3) is 0.471. The van der Waals surface area contributed by atoms with E-state index in [-0.39, 0.29) is 5.91 Å². The van der Waals surface area contributed by atoms with Crippen molar-refractivity contribution in [3.63, 3.8) is 0 Å². The Kier molecular flexibility index (Phi) is 4.66. The molecule has 3 aliphatic heterocycles. The van der Waals surface area contributed by atoms with Crippen molar-refractivity contribution in [1.29, 1.82) is 0 Å². The van der Waals surface area contributed by atoms with Gasteiger partial charge in [-0.3, -0.25) is 4.79 Å². The summed E-state index contributed by atoms with van der Waals surface area (Å²) in [7, 11) is 0. The lowest BCUT2D eigenvalue weighted by molar-refractivity contribution is -0.118. The lowest BCUT2D eigenvalue weighted by Gasteiger charge is -2.44. The van der Waals surface area contributed by atoms with Gasteiger partial charge in [0.05, 0.1) is 0 Å². The van der Waals surface area contributed by atoms with Crippen molar-refractivity contribution in [2.45, 2.75) is 30.7 Å². The summed E-state index contributed by atoms with van der Waals surface area (Å²) in [5.74, 6) is 0.714. The van der Waals surface area contributed by atoms with Gasteiger partial charge >= 0.3 is 0 Å². The molecule has 0 radical (unpaired) electrons. The molecular formula is C17H22N2OS. The van der Waals surface area contributed by atoms with Crippen LogP contribution in [0.4, 0.5) is 0 Å². The fourth-order valence-electron chi connectivity index (χ4n) is 3.22. The van der Waals surface area contributed by atoms with E-state index in [0.29, 0.717) is 12.0 Å². The Morgan fingerprint density at radius 1 is 1.38 bits per heavy atom. The molecule has 4 heteroatoms. The molecule has 4 rings (SSSR count). The smallest absolute Gasteiger partial charge is 0.244 e. The first-order valence-corrected chi connectivity index (χ1v) is 8.51. The molecule has 21 heavy (non-hydrogen) atoms. The quantitative estimate of drug-likeness (QED) is 0.686. The number of benzene rings is 1. The van der Waals surface area contributed by atoms with Gasteiger partial charge in [-0.2, -0.15) is 0 Å². The van der Waals surface area contributed by atoms with Crippen LogP contribution in [0.2, 0.25) is 0 Å². The van der Waals surface area contributed by atoms with Crippen molar-refractivity contribution in [2.75, 3.05) is 19.6 Å². The van der Waals surface area contributed by atoms with Crippen molar-refractivity contribution in [2.24, 2.45) is 5.92 Å². The van der Waals surface area contributed by atoms with Crippen LogP contribution in [-0.2, 0) is 4.79 Å². The maximum atomic E-state index is 12.0. The normalized spacial score (nSPS) is 28.0. The summed E-state index contributed by atoms with van der Waals surface area (Å²) in [6.07, 6.45) is 4.12. The van der Waals surface area contributed by atoms with E-state index in [4.69, 9.17) is 0 Å². The minimum Gasteiger partial charge on any atom is -0.348 e. The molecule has 3 aliphatic rings. The van der Waals surface area contributed by atoms with E-state index in [1.807, 2.05) is 11.5 Å². The summed E-state index contributed by atoms with van der Waals surface area (Å²) in [5.41, 5.74) is 1.24. The van der Waals surface area contributed by atoms with Gasteiger partial charge in [-0.15, -0.1) is 0 Å². The number of carbonyl (C=O) groups is 1. The minimum absolute atomic E-state index is 0.0360. The monoisotopic (exact) mass is 302 g/mol. The molecule has 0 aliphatic carbocycles. The van der Waals surface area contributed by atoms with Gasteiger partial charge in [0.2, 0.25) is 5.91 Å². The van der Waals surface area contributed by atoms with Gasteiger partial charge in [0.15, 0.2) is 0 Å². The fourth-order valence-corrected chi connectivity index (χ4v) is 3.98. The highest BCUT2D eigenvalue weighted by Crippen LogP contribution is 2.27. The van der Waals surface area contributed by atoms with E-state index in [1.54, 1.807) is 17.8 Å². The van der Waals surface area contributed by atoms with Crippen molar-refractivity contribution >= 4 is 17.7 Å².